The molecule has 1 aromatic carbocycles. The molecular weight excluding hydrogens is 162 g/mol. The van der Waals surface area contributed by atoms with E-state index in [1.165, 1.54) is 0 Å². The van der Waals surface area contributed by atoms with Gasteiger partial charge in [0.2, 0.25) is 0 Å². The lowest BCUT2D eigenvalue weighted by Gasteiger charge is -2.16. The molecule has 1 aromatic rings. The third kappa shape index (κ3) is 1.83. The van der Waals surface area contributed by atoms with E-state index in [-0.39, 0.29) is 0 Å². The first kappa shape index (κ1) is 9.65. The number of anilines is 1. The molecule has 0 aromatic heterocycles. The number of rotatable bonds is 2. The molecule has 0 saturated carbocycles. The van der Waals surface area contributed by atoms with Crippen molar-refractivity contribution in [1.82, 2.24) is 0 Å². The normalized spacial score (nSPS) is 9.77. The van der Waals surface area contributed by atoms with Gasteiger partial charge in [-0.3, -0.25) is 0 Å². The van der Waals surface area contributed by atoms with Crippen molar-refractivity contribution in [2.24, 2.45) is 0 Å². The Morgan fingerprint density at radius 1 is 1.38 bits per heavy atom. The number of para-hydroxylation sites is 1. The molecule has 2 nitrogen and oxygen atoms in total. The quantitative estimate of drug-likeness (QED) is 0.750. The zero-order chi connectivity index (χ0) is 10.0. The van der Waals surface area contributed by atoms with E-state index in [4.69, 9.17) is 0 Å². The summed E-state index contributed by atoms with van der Waals surface area (Å²) in [7, 11) is 3.80. The van der Waals surface area contributed by atoms with Gasteiger partial charge in [0.25, 0.3) is 0 Å². The van der Waals surface area contributed by atoms with E-state index in [1.807, 2.05) is 44.1 Å². The van der Waals surface area contributed by atoms with E-state index in [9.17, 15) is 5.11 Å². The first-order valence-electron chi connectivity index (χ1n) is 4.19. The summed E-state index contributed by atoms with van der Waals surface area (Å²) >= 11 is 0. The van der Waals surface area contributed by atoms with E-state index in [2.05, 4.69) is 6.58 Å². The predicted octanol–water partition coefficient (Wildman–Crippen LogP) is 2.49. The van der Waals surface area contributed by atoms with Crippen molar-refractivity contribution in [3.63, 3.8) is 0 Å². The lowest BCUT2D eigenvalue weighted by atomic mass is 10.1. The van der Waals surface area contributed by atoms with Gasteiger partial charge < -0.3 is 10.0 Å². The molecular formula is C11H15NO. The summed E-state index contributed by atoms with van der Waals surface area (Å²) in [4.78, 5) is 1.88. The SMILES string of the molecule is C=C(C)c1cccc(N(C)C)c1O. The lowest BCUT2D eigenvalue weighted by Crippen LogP contribution is -2.09. The maximum atomic E-state index is 9.83. The fourth-order valence-corrected chi connectivity index (χ4v) is 1.24. The molecule has 1 N–H and O–H groups in total. The molecule has 0 aliphatic rings. The second-order valence-corrected chi connectivity index (χ2v) is 3.35. The highest BCUT2D eigenvalue weighted by Gasteiger charge is 2.07. The van der Waals surface area contributed by atoms with Crippen LogP contribution in [0.3, 0.4) is 0 Å². The van der Waals surface area contributed by atoms with Crippen LogP contribution in [0.5, 0.6) is 5.75 Å². The summed E-state index contributed by atoms with van der Waals surface area (Å²) in [5.41, 5.74) is 2.51. The van der Waals surface area contributed by atoms with Gasteiger partial charge in [-0.05, 0) is 18.6 Å². The first-order valence-corrected chi connectivity index (χ1v) is 4.19. The Bertz CT molecular complexity index is 329. The van der Waals surface area contributed by atoms with Crippen LogP contribution >= 0.6 is 0 Å². The maximum absolute atomic E-state index is 9.83. The number of aromatic hydroxyl groups is 1. The van der Waals surface area contributed by atoms with Crippen molar-refractivity contribution in [2.75, 3.05) is 19.0 Å². The third-order valence-corrected chi connectivity index (χ3v) is 1.96. The first-order chi connectivity index (χ1) is 6.04. The molecule has 0 spiro atoms. The van der Waals surface area contributed by atoms with Crippen LogP contribution in [0, 0.1) is 0 Å². The van der Waals surface area contributed by atoms with Gasteiger partial charge in [0.1, 0.15) is 5.75 Å². The van der Waals surface area contributed by atoms with Crippen molar-refractivity contribution < 1.29 is 5.11 Å². The number of hydrogen-bond acceptors (Lipinski definition) is 2. The molecule has 13 heavy (non-hydrogen) atoms. The minimum atomic E-state index is 0.306. The topological polar surface area (TPSA) is 23.5 Å². The lowest BCUT2D eigenvalue weighted by molar-refractivity contribution is 0.474. The Balaban J connectivity index is 3.26. The van der Waals surface area contributed by atoms with Crippen LogP contribution in [-0.2, 0) is 0 Å². The number of allylic oxidation sites excluding steroid dienone is 1. The van der Waals surface area contributed by atoms with E-state index in [1.54, 1.807) is 0 Å². The molecule has 1 rings (SSSR count). The third-order valence-electron chi connectivity index (χ3n) is 1.96. The predicted molar refractivity (Wildman–Crippen MR) is 57.1 cm³/mol. The van der Waals surface area contributed by atoms with Crippen LogP contribution in [0.25, 0.3) is 5.57 Å². The van der Waals surface area contributed by atoms with Gasteiger partial charge in [0, 0.05) is 19.7 Å². The maximum Gasteiger partial charge on any atom is 0.146 e. The van der Waals surface area contributed by atoms with E-state index < -0.39 is 0 Å². The van der Waals surface area contributed by atoms with Crippen LogP contribution < -0.4 is 4.90 Å². The molecule has 0 aliphatic carbocycles. The van der Waals surface area contributed by atoms with E-state index in [0.29, 0.717) is 5.75 Å². The minimum Gasteiger partial charge on any atom is -0.505 e. The fourth-order valence-electron chi connectivity index (χ4n) is 1.24. The van der Waals surface area contributed by atoms with Gasteiger partial charge in [-0.15, -0.1) is 0 Å². The van der Waals surface area contributed by atoms with E-state index >= 15 is 0 Å². The fraction of sp³-hybridized carbons (Fsp3) is 0.273. The minimum absolute atomic E-state index is 0.306. The van der Waals surface area contributed by atoms with Gasteiger partial charge in [-0.2, -0.15) is 0 Å². The summed E-state index contributed by atoms with van der Waals surface area (Å²) in [5.74, 6) is 0.306. The highest BCUT2D eigenvalue weighted by atomic mass is 16.3. The largest absolute Gasteiger partial charge is 0.505 e. The Morgan fingerprint density at radius 2 is 2.00 bits per heavy atom. The van der Waals surface area contributed by atoms with Crippen LogP contribution in [0.15, 0.2) is 24.8 Å². The van der Waals surface area contributed by atoms with Crippen LogP contribution in [0.4, 0.5) is 5.69 Å². The molecule has 0 amide bonds. The molecule has 0 heterocycles. The van der Waals surface area contributed by atoms with Gasteiger partial charge in [-0.1, -0.05) is 18.7 Å². The Labute approximate surface area is 79.1 Å². The van der Waals surface area contributed by atoms with Gasteiger partial charge in [0.15, 0.2) is 0 Å². The molecule has 0 aliphatic heterocycles. The monoisotopic (exact) mass is 177 g/mol. The molecule has 0 atom stereocenters. The zero-order valence-electron chi connectivity index (χ0n) is 8.33. The Hall–Kier alpha value is -1.44. The highest BCUT2D eigenvalue weighted by molar-refractivity contribution is 5.74. The summed E-state index contributed by atoms with van der Waals surface area (Å²) in [6.07, 6.45) is 0. The van der Waals surface area contributed by atoms with Crippen LogP contribution in [-0.4, -0.2) is 19.2 Å². The second kappa shape index (κ2) is 3.52. The van der Waals surface area contributed by atoms with Crippen molar-refractivity contribution in [2.45, 2.75) is 6.92 Å². The number of benzene rings is 1. The number of nitrogens with zero attached hydrogens (tertiary/aromatic N) is 1. The molecule has 70 valence electrons. The standard InChI is InChI=1S/C11H15NO/c1-8(2)9-6-5-7-10(11(9)13)12(3)4/h5-7,13H,1H2,2-4H3. The number of hydrogen-bond donors (Lipinski definition) is 1. The summed E-state index contributed by atoms with van der Waals surface area (Å²) in [6, 6.07) is 5.66. The highest BCUT2D eigenvalue weighted by Crippen LogP contribution is 2.32. The van der Waals surface area contributed by atoms with Crippen LogP contribution in [0.1, 0.15) is 12.5 Å². The van der Waals surface area contributed by atoms with Crippen molar-refractivity contribution in [1.29, 1.82) is 0 Å². The van der Waals surface area contributed by atoms with Crippen molar-refractivity contribution in [3.8, 4) is 5.75 Å². The van der Waals surface area contributed by atoms with Crippen LogP contribution in [0.2, 0.25) is 0 Å². The molecule has 0 bridgehead atoms. The van der Waals surface area contributed by atoms with Gasteiger partial charge in [-0.25, -0.2) is 0 Å². The Kier molecular flexibility index (Phi) is 2.61. The zero-order valence-corrected chi connectivity index (χ0v) is 8.33. The van der Waals surface area contributed by atoms with Crippen molar-refractivity contribution in [3.05, 3.63) is 30.3 Å². The van der Waals surface area contributed by atoms with E-state index in [0.717, 1.165) is 16.8 Å². The van der Waals surface area contributed by atoms with Gasteiger partial charge in [0.05, 0.1) is 5.69 Å². The summed E-state index contributed by atoms with van der Waals surface area (Å²) in [5, 5.41) is 9.83. The van der Waals surface area contributed by atoms with Gasteiger partial charge >= 0.3 is 0 Å². The molecule has 0 fully saturated rings. The molecule has 2 heteroatoms. The molecule has 0 unspecified atom stereocenters. The number of phenols is 1. The summed E-state index contributed by atoms with van der Waals surface area (Å²) in [6.45, 7) is 5.69. The molecule has 0 radical (unpaired) electrons. The Morgan fingerprint density at radius 3 is 2.46 bits per heavy atom. The average molecular weight is 177 g/mol. The average Bonchev–Trinajstić information content (AvgIpc) is 2.03. The second-order valence-electron chi connectivity index (χ2n) is 3.35. The molecule has 0 saturated heterocycles. The van der Waals surface area contributed by atoms with Crippen molar-refractivity contribution >= 4 is 11.3 Å². The summed E-state index contributed by atoms with van der Waals surface area (Å²) < 4.78 is 0. The smallest absolute Gasteiger partial charge is 0.146 e. The number of phenolic OH excluding ortho intramolecular Hbond substituents is 1.